The Morgan fingerprint density at radius 1 is 1.29 bits per heavy atom. The summed E-state index contributed by atoms with van der Waals surface area (Å²) in [5, 5.41) is 3.53. The van der Waals surface area contributed by atoms with Crippen LogP contribution in [0.3, 0.4) is 0 Å². The molecule has 2 nitrogen and oxygen atoms in total. The van der Waals surface area contributed by atoms with Crippen LogP contribution in [0.25, 0.3) is 0 Å². The molecule has 82 valence electrons. The summed E-state index contributed by atoms with van der Waals surface area (Å²) >= 11 is 0. The Labute approximate surface area is 88.1 Å². The van der Waals surface area contributed by atoms with Gasteiger partial charge < -0.3 is 5.32 Å². The van der Waals surface area contributed by atoms with Crippen LogP contribution in [0.1, 0.15) is 45.4 Å². The standard InChI is InChI=1S/C12H24N2/c1-2-5-12-10-13-8-9-14(12)11-6-3-4-7-11/h11-13H,2-10H2,1H3. The van der Waals surface area contributed by atoms with Gasteiger partial charge in [-0.25, -0.2) is 0 Å². The molecule has 1 heterocycles. The zero-order valence-electron chi connectivity index (χ0n) is 9.47. The lowest BCUT2D eigenvalue weighted by atomic mass is 10.0. The van der Waals surface area contributed by atoms with E-state index in [0.29, 0.717) is 0 Å². The quantitative estimate of drug-likeness (QED) is 0.743. The molecule has 2 heteroatoms. The first-order valence-electron chi connectivity index (χ1n) is 6.38. The van der Waals surface area contributed by atoms with Gasteiger partial charge in [-0.2, -0.15) is 0 Å². The Hall–Kier alpha value is -0.0800. The topological polar surface area (TPSA) is 15.3 Å². The maximum Gasteiger partial charge on any atom is 0.0224 e. The number of rotatable bonds is 3. The van der Waals surface area contributed by atoms with Crippen LogP contribution >= 0.6 is 0 Å². The number of nitrogens with one attached hydrogen (secondary N) is 1. The van der Waals surface area contributed by atoms with Crippen LogP contribution in [0.15, 0.2) is 0 Å². The zero-order chi connectivity index (χ0) is 9.80. The van der Waals surface area contributed by atoms with Crippen molar-refractivity contribution in [1.29, 1.82) is 0 Å². The summed E-state index contributed by atoms with van der Waals surface area (Å²) in [7, 11) is 0. The van der Waals surface area contributed by atoms with Crippen molar-refractivity contribution in [2.75, 3.05) is 19.6 Å². The van der Waals surface area contributed by atoms with Crippen molar-refractivity contribution in [1.82, 2.24) is 10.2 Å². The Bertz CT molecular complexity index is 162. The summed E-state index contributed by atoms with van der Waals surface area (Å²) in [6.07, 6.45) is 8.56. The van der Waals surface area contributed by atoms with E-state index >= 15 is 0 Å². The predicted molar refractivity (Wildman–Crippen MR) is 60.5 cm³/mol. The highest BCUT2D eigenvalue weighted by Crippen LogP contribution is 2.26. The first-order valence-corrected chi connectivity index (χ1v) is 6.38. The average Bonchev–Trinajstić information content (AvgIpc) is 2.72. The minimum absolute atomic E-state index is 0.830. The Balaban J connectivity index is 1.91. The summed E-state index contributed by atoms with van der Waals surface area (Å²) in [6.45, 7) is 6.03. The monoisotopic (exact) mass is 196 g/mol. The second kappa shape index (κ2) is 5.13. The van der Waals surface area contributed by atoms with Gasteiger partial charge in [-0.1, -0.05) is 26.2 Å². The van der Waals surface area contributed by atoms with E-state index in [4.69, 9.17) is 0 Å². The van der Waals surface area contributed by atoms with Crippen LogP contribution < -0.4 is 5.32 Å². The van der Waals surface area contributed by atoms with Crippen molar-refractivity contribution in [2.45, 2.75) is 57.5 Å². The van der Waals surface area contributed by atoms with Crippen molar-refractivity contribution in [3.63, 3.8) is 0 Å². The van der Waals surface area contributed by atoms with E-state index in [1.165, 1.54) is 58.2 Å². The summed E-state index contributed by atoms with van der Waals surface area (Å²) in [5.41, 5.74) is 0. The highest BCUT2D eigenvalue weighted by molar-refractivity contribution is 4.87. The van der Waals surface area contributed by atoms with Gasteiger partial charge >= 0.3 is 0 Å². The minimum Gasteiger partial charge on any atom is -0.314 e. The van der Waals surface area contributed by atoms with Crippen molar-refractivity contribution < 1.29 is 0 Å². The average molecular weight is 196 g/mol. The Morgan fingerprint density at radius 2 is 2.07 bits per heavy atom. The molecule has 1 aliphatic heterocycles. The van der Waals surface area contributed by atoms with E-state index in [0.717, 1.165) is 12.1 Å². The molecule has 0 amide bonds. The van der Waals surface area contributed by atoms with Crippen molar-refractivity contribution in [3.8, 4) is 0 Å². The summed E-state index contributed by atoms with van der Waals surface area (Å²) in [4.78, 5) is 2.80. The first-order chi connectivity index (χ1) is 6.92. The molecule has 0 aromatic rings. The van der Waals surface area contributed by atoms with Gasteiger partial charge in [-0.15, -0.1) is 0 Å². The van der Waals surface area contributed by atoms with Gasteiger partial charge in [0.25, 0.3) is 0 Å². The van der Waals surface area contributed by atoms with Gasteiger partial charge in [0.2, 0.25) is 0 Å². The number of nitrogens with zero attached hydrogens (tertiary/aromatic N) is 1. The number of piperazine rings is 1. The van der Waals surface area contributed by atoms with Crippen LogP contribution in [-0.4, -0.2) is 36.6 Å². The molecule has 2 fully saturated rings. The molecule has 14 heavy (non-hydrogen) atoms. The van der Waals surface area contributed by atoms with E-state index in [9.17, 15) is 0 Å². The first kappa shape index (κ1) is 10.4. The zero-order valence-corrected chi connectivity index (χ0v) is 9.47. The molecule has 2 rings (SSSR count). The molecule has 1 N–H and O–H groups in total. The largest absolute Gasteiger partial charge is 0.314 e. The molecule has 1 saturated carbocycles. The SMILES string of the molecule is CCCC1CNCCN1C1CCCC1. The molecule has 1 atom stereocenters. The highest BCUT2D eigenvalue weighted by Gasteiger charge is 2.29. The molecular weight excluding hydrogens is 172 g/mol. The molecular formula is C12H24N2. The van der Waals surface area contributed by atoms with Crippen LogP contribution in [0.2, 0.25) is 0 Å². The fourth-order valence-electron chi connectivity index (χ4n) is 3.09. The smallest absolute Gasteiger partial charge is 0.0224 e. The third-order valence-corrected chi connectivity index (χ3v) is 3.81. The van der Waals surface area contributed by atoms with E-state index in [1.54, 1.807) is 0 Å². The molecule has 1 unspecified atom stereocenters. The molecule has 0 spiro atoms. The molecule has 0 bridgehead atoms. The summed E-state index contributed by atoms with van der Waals surface area (Å²) in [6, 6.07) is 1.76. The molecule has 2 aliphatic rings. The normalized spacial score (nSPS) is 31.1. The number of hydrogen-bond donors (Lipinski definition) is 1. The Morgan fingerprint density at radius 3 is 2.79 bits per heavy atom. The van der Waals surface area contributed by atoms with Gasteiger partial charge in [0.1, 0.15) is 0 Å². The lowest BCUT2D eigenvalue weighted by molar-refractivity contribution is 0.102. The molecule has 0 radical (unpaired) electrons. The van der Waals surface area contributed by atoms with Crippen LogP contribution in [0, 0.1) is 0 Å². The fraction of sp³-hybridized carbons (Fsp3) is 1.00. The van der Waals surface area contributed by atoms with E-state index in [1.807, 2.05) is 0 Å². The summed E-state index contributed by atoms with van der Waals surface area (Å²) in [5.74, 6) is 0. The second-order valence-corrected chi connectivity index (χ2v) is 4.82. The molecule has 1 saturated heterocycles. The van der Waals surface area contributed by atoms with Crippen molar-refractivity contribution in [3.05, 3.63) is 0 Å². The minimum atomic E-state index is 0.830. The predicted octanol–water partition coefficient (Wildman–Crippen LogP) is 2.00. The van der Waals surface area contributed by atoms with Crippen LogP contribution in [-0.2, 0) is 0 Å². The lowest BCUT2D eigenvalue weighted by Gasteiger charge is -2.40. The van der Waals surface area contributed by atoms with Crippen LogP contribution in [0.4, 0.5) is 0 Å². The molecule has 0 aromatic carbocycles. The van der Waals surface area contributed by atoms with Gasteiger partial charge in [0, 0.05) is 31.7 Å². The van der Waals surface area contributed by atoms with Gasteiger partial charge in [-0.05, 0) is 19.3 Å². The van der Waals surface area contributed by atoms with Gasteiger partial charge in [0.05, 0.1) is 0 Å². The maximum atomic E-state index is 3.53. The highest BCUT2D eigenvalue weighted by atomic mass is 15.2. The molecule has 0 aromatic heterocycles. The van der Waals surface area contributed by atoms with Gasteiger partial charge in [-0.3, -0.25) is 4.90 Å². The summed E-state index contributed by atoms with van der Waals surface area (Å²) < 4.78 is 0. The Kier molecular flexibility index (Phi) is 3.82. The van der Waals surface area contributed by atoms with Crippen molar-refractivity contribution in [2.24, 2.45) is 0 Å². The van der Waals surface area contributed by atoms with E-state index < -0.39 is 0 Å². The third kappa shape index (κ3) is 2.29. The van der Waals surface area contributed by atoms with Gasteiger partial charge in [0.15, 0.2) is 0 Å². The van der Waals surface area contributed by atoms with Crippen LogP contribution in [0.5, 0.6) is 0 Å². The van der Waals surface area contributed by atoms with E-state index in [2.05, 4.69) is 17.1 Å². The second-order valence-electron chi connectivity index (χ2n) is 4.82. The van der Waals surface area contributed by atoms with Crippen molar-refractivity contribution >= 4 is 0 Å². The molecule has 1 aliphatic carbocycles. The fourth-order valence-corrected chi connectivity index (χ4v) is 3.09. The van der Waals surface area contributed by atoms with E-state index in [-0.39, 0.29) is 0 Å². The lowest BCUT2D eigenvalue weighted by Crippen LogP contribution is -2.54. The maximum absolute atomic E-state index is 3.53. The third-order valence-electron chi connectivity index (χ3n) is 3.81. The number of hydrogen-bond acceptors (Lipinski definition) is 2.